The van der Waals surface area contributed by atoms with Crippen molar-refractivity contribution >= 4 is 17.9 Å². The van der Waals surface area contributed by atoms with Gasteiger partial charge in [-0.3, -0.25) is 9.59 Å². The van der Waals surface area contributed by atoms with E-state index in [1.165, 1.54) is 276 Å². The van der Waals surface area contributed by atoms with E-state index in [9.17, 15) is 19.5 Å². The summed E-state index contributed by atoms with van der Waals surface area (Å²) in [6.07, 6.45) is 106. The predicted octanol–water partition coefficient (Wildman–Crippen LogP) is 26.7. The zero-order valence-corrected chi connectivity index (χ0v) is 64.5. The monoisotopic (exact) mass is 1360 g/mol. The first-order valence-electron chi connectivity index (χ1n) is 41.4. The summed E-state index contributed by atoms with van der Waals surface area (Å²) in [6.45, 7) is 4.81. The Morgan fingerprint density at radius 3 is 0.876 bits per heavy atom. The summed E-state index contributed by atoms with van der Waals surface area (Å²) in [7, 11) is 5.99. The fourth-order valence-corrected chi connectivity index (χ4v) is 12.1. The van der Waals surface area contributed by atoms with E-state index >= 15 is 0 Å². The lowest BCUT2D eigenvalue weighted by Gasteiger charge is -2.25. The second-order valence-electron chi connectivity index (χ2n) is 29.1. The Balaban J connectivity index is 3.98. The maximum absolute atomic E-state index is 13.0. The predicted molar refractivity (Wildman–Crippen MR) is 419 cm³/mol. The Morgan fingerprint density at radius 2 is 0.588 bits per heavy atom. The first kappa shape index (κ1) is 93.2. The van der Waals surface area contributed by atoms with E-state index in [0.717, 1.165) is 83.5 Å². The second-order valence-corrected chi connectivity index (χ2v) is 29.1. The number of aliphatic carboxylic acids is 1. The quantitative estimate of drug-likeness (QED) is 0.0211. The van der Waals surface area contributed by atoms with Gasteiger partial charge in [-0.15, -0.1) is 0 Å². The van der Waals surface area contributed by atoms with Crippen LogP contribution in [0, 0.1) is 0 Å². The van der Waals surface area contributed by atoms with Crippen LogP contribution in [0.1, 0.15) is 386 Å². The molecule has 0 fully saturated rings. The molecule has 0 rings (SSSR count). The molecule has 2 unspecified atom stereocenters. The van der Waals surface area contributed by atoms with Gasteiger partial charge < -0.3 is 28.5 Å². The number of rotatable bonds is 77. The topological polar surface area (TPSA) is 108 Å². The van der Waals surface area contributed by atoms with E-state index in [4.69, 9.17) is 18.9 Å². The van der Waals surface area contributed by atoms with Crippen molar-refractivity contribution < 1.29 is 42.9 Å². The molecular formula is C88H158NO8+. The fourth-order valence-electron chi connectivity index (χ4n) is 12.1. The fraction of sp³-hybridized carbons (Fsp3) is 0.784. The highest BCUT2D eigenvalue weighted by Crippen LogP contribution is 2.19. The molecule has 0 aliphatic heterocycles. The molecule has 0 spiro atoms. The van der Waals surface area contributed by atoms with Crippen molar-refractivity contribution in [3.05, 3.63) is 97.2 Å². The largest absolute Gasteiger partial charge is 0.477 e. The van der Waals surface area contributed by atoms with Gasteiger partial charge in [-0.25, -0.2) is 4.79 Å². The molecule has 562 valence electrons. The zero-order valence-electron chi connectivity index (χ0n) is 64.5. The number of allylic oxidation sites excluding steroid dienone is 16. The van der Waals surface area contributed by atoms with Gasteiger partial charge in [0.1, 0.15) is 13.2 Å². The smallest absolute Gasteiger partial charge is 0.361 e. The number of likely N-dealkylation sites (N-methyl/N-ethyl adjacent to an activating group) is 1. The van der Waals surface area contributed by atoms with Gasteiger partial charge in [-0.2, -0.15) is 0 Å². The van der Waals surface area contributed by atoms with Crippen molar-refractivity contribution in [2.45, 2.75) is 399 Å². The van der Waals surface area contributed by atoms with Crippen LogP contribution in [0.5, 0.6) is 0 Å². The molecule has 0 aromatic carbocycles. The van der Waals surface area contributed by atoms with Gasteiger partial charge in [0.15, 0.2) is 6.10 Å². The summed E-state index contributed by atoms with van der Waals surface area (Å²) in [5, 5.41) is 9.78. The van der Waals surface area contributed by atoms with E-state index in [1.807, 2.05) is 21.1 Å². The summed E-state index contributed by atoms with van der Waals surface area (Å²) in [4.78, 5) is 37.8. The Kier molecular flexibility index (Phi) is 74.9. The molecule has 0 aromatic rings. The molecule has 1 N–H and O–H groups in total. The minimum Gasteiger partial charge on any atom is -0.477 e. The Labute approximate surface area is 601 Å². The van der Waals surface area contributed by atoms with Crippen LogP contribution in [-0.2, 0) is 33.3 Å². The number of hydrogen-bond acceptors (Lipinski definition) is 7. The van der Waals surface area contributed by atoms with Crippen LogP contribution in [0.3, 0.4) is 0 Å². The van der Waals surface area contributed by atoms with Crippen molar-refractivity contribution in [2.75, 3.05) is 47.5 Å². The van der Waals surface area contributed by atoms with Crippen LogP contribution in [-0.4, -0.2) is 87.4 Å². The molecule has 0 heterocycles. The van der Waals surface area contributed by atoms with E-state index < -0.39 is 18.4 Å². The van der Waals surface area contributed by atoms with Crippen LogP contribution < -0.4 is 0 Å². The Bertz CT molecular complexity index is 1920. The molecule has 9 heteroatoms. The van der Waals surface area contributed by atoms with E-state index in [1.54, 1.807) is 0 Å². The van der Waals surface area contributed by atoms with Crippen LogP contribution in [0.25, 0.3) is 0 Å². The maximum Gasteiger partial charge on any atom is 0.361 e. The number of unbranched alkanes of at least 4 members (excludes halogenated alkanes) is 46. The molecule has 0 bridgehead atoms. The summed E-state index contributed by atoms with van der Waals surface area (Å²) in [6, 6.07) is 0. The average Bonchev–Trinajstić information content (AvgIpc) is 3.74. The van der Waals surface area contributed by atoms with Gasteiger partial charge >= 0.3 is 17.9 Å². The van der Waals surface area contributed by atoms with E-state index in [-0.39, 0.29) is 38.2 Å². The van der Waals surface area contributed by atoms with Crippen LogP contribution >= 0.6 is 0 Å². The van der Waals surface area contributed by atoms with Crippen molar-refractivity contribution in [3.8, 4) is 0 Å². The van der Waals surface area contributed by atoms with Crippen molar-refractivity contribution in [2.24, 2.45) is 0 Å². The third-order valence-corrected chi connectivity index (χ3v) is 18.3. The third-order valence-electron chi connectivity index (χ3n) is 18.3. The van der Waals surface area contributed by atoms with Crippen LogP contribution in [0.15, 0.2) is 97.2 Å². The molecule has 0 aliphatic carbocycles. The van der Waals surface area contributed by atoms with Gasteiger partial charge in [0.2, 0.25) is 0 Å². The SMILES string of the molecule is CC/C=C\C/C=C\C/C=C\C/C=C\C/C=C\C/C=C\CCCCCCCCCCCCCCCCCCC(=O)OC(COC(=O)CCCCCCCCCCCCCCCCCCCCCCCCCCC/C=C\C/C=C\CCCCCCC)COC(OCC[N+](C)(C)C)C(=O)O. The Morgan fingerprint density at radius 1 is 0.320 bits per heavy atom. The zero-order chi connectivity index (χ0) is 70.4. The van der Waals surface area contributed by atoms with Crippen LogP contribution in [0.2, 0.25) is 0 Å². The summed E-state index contributed by atoms with van der Waals surface area (Å²) >= 11 is 0. The number of carbonyl (C=O) groups is 3. The number of carboxylic acid groups (broad SMARTS) is 1. The summed E-state index contributed by atoms with van der Waals surface area (Å²) < 4.78 is 23.1. The molecule has 0 radical (unpaired) electrons. The van der Waals surface area contributed by atoms with Crippen LogP contribution in [0.4, 0.5) is 0 Å². The lowest BCUT2D eigenvalue weighted by atomic mass is 10.0. The highest BCUT2D eigenvalue weighted by atomic mass is 16.7. The first-order valence-corrected chi connectivity index (χ1v) is 41.4. The first-order chi connectivity index (χ1) is 47.6. The number of carboxylic acids is 1. The minimum atomic E-state index is -1.51. The lowest BCUT2D eigenvalue weighted by molar-refractivity contribution is -0.870. The normalized spacial score (nSPS) is 13.1. The number of ether oxygens (including phenoxy) is 4. The van der Waals surface area contributed by atoms with Crippen molar-refractivity contribution in [1.29, 1.82) is 0 Å². The second kappa shape index (κ2) is 77.9. The molecule has 0 saturated carbocycles. The highest BCUT2D eigenvalue weighted by molar-refractivity contribution is 5.71. The molecule has 97 heavy (non-hydrogen) atoms. The number of nitrogens with zero attached hydrogens (tertiary/aromatic N) is 1. The minimum absolute atomic E-state index is 0.180. The van der Waals surface area contributed by atoms with E-state index in [2.05, 4.69) is 111 Å². The van der Waals surface area contributed by atoms with Crippen molar-refractivity contribution in [3.63, 3.8) is 0 Å². The maximum atomic E-state index is 13.0. The van der Waals surface area contributed by atoms with Gasteiger partial charge in [0.05, 0.1) is 34.4 Å². The molecule has 0 aliphatic rings. The lowest BCUT2D eigenvalue weighted by Crippen LogP contribution is -2.40. The number of esters is 2. The van der Waals surface area contributed by atoms with Crippen molar-refractivity contribution in [1.82, 2.24) is 0 Å². The number of quaternary nitrogens is 1. The molecule has 9 nitrogen and oxygen atoms in total. The average molecular weight is 1360 g/mol. The van der Waals surface area contributed by atoms with Gasteiger partial charge in [-0.1, -0.05) is 374 Å². The summed E-state index contributed by atoms with van der Waals surface area (Å²) in [5.41, 5.74) is 0. The molecule has 0 saturated heterocycles. The third kappa shape index (κ3) is 79.4. The molecular weight excluding hydrogens is 1200 g/mol. The Hall–Kier alpha value is -3.79. The van der Waals surface area contributed by atoms with E-state index in [0.29, 0.717) is 17.4 Å². The molecule has 2 atom stereocenters. The van der Waals surface area contributed by atoms with Gasteiger partial charge in [-0.05, 0) is 96.3 Å². The number of carbonyl (C=O) groups excluding carboxylic acids is 2. The molecule has 0 amide bonds. The standard InChI is InChI=1S/C88H157NO8/c1-6-8-10-12-14-16-18-20-22-24-26-28-30-32-34-36-38-40-42-43-45-46-48-50-52-54-56-58-60-62-64-66-68-70-72-74-76-78-85(90)95-82-84(83-96-88(87(92)93)94-81-80-89(3,4)5)97-86(91)79-77-75-73-71-69-67-65-63-61-59-57-55-53-51-49-47-44-41-39-37-35-33-31-29-27-25-23-21-19-17-15-13-11-9-7-2/h9,11,15,17-18,20-21,23-24,26-27,29,33,35,39,41,84,88H,6-8,10,12-14,16,19,22,25,28,30-32,34,36-38,40,42-83H2,1-5H3/p+1/b11-9-,17-15-,20-18-,23-21-,26-24-,29-27-,35-33-,41-39-. The highest BCUT2D eigenvalue weighted by Gasteiger charge is 2.25. The van der Waals surface area contributed by atoms with Gasteiger partial charge in [0.25, 0.3) is 6.29 Å². The van der Waals surface area contributed by atoms with Gasteiger partial charge in [0, 0.05) is 12.8 Å². The summed E-state index contributed by atoms with van der Waals surface area (Å²) in [5.74, 6) is -1.98. The number of hydrogen-bond donors (Lipinski definition) is 1. The molecule has 0 aromatic heterocycles.